The molecule has 2 nitrogen and oxygen atoms in total. The first-order valence-corrected chi connectivity index (χ1v) is 8.50. The van der Waals surface area contributed by atoms with E-state index in [1.54, 1.807) is 0 Å². The van der Waals surface area contributed by atoms with Crippen LogP contribution in [0, 0.1) is 0 Å². The maximum Gasteiger partial charge on any atom is 0.0249 e. The van der Waals surface area contributed by atoms with Crippen molar-refractivity contribution < 1.29 is 0 Å². The molecule has 0 radical (unpaired) electrons. The second-order valence-electron chi connectivity index (χ2n) is 7.10. The minimum absolute atomic E-state index is 0.915. The number of nitrogens with zero attached hydrogens (tertiary/aromatic N) is 2. The van der Waals surface area contributed by atoms with Gasteiger partial charge in [0.25, 0.3) is 0 Å². The molecule has 2 heteroatoms. The van der Waals surface area contributed by atoms with Gasteiger partial charge in [0.2, 0.25) is 0 Å². The number of piperidine rings is 4. The van der Waals surface area contributed by atoms with Crippen molar-refractivity contribution in [1.29, 1.82) is 0 Å². The summed E-state index contributed by atoms with van der Waals surface area (Å²) in [4.78, 5) is 0. The predicted octanol–water partition coefficient (Wildman–Crippen LogP) is 3.72. The molecule has 4 rings (SSSR count). The van der Waals surface area contributed by atoms with Crippen LogP contribution in [-0.4, -0.2) is 34.2 Å². The lowest BCUT2D eigenvalue weighted by molar-refractivity contribution is -0.202. The Balaban J connectivity index is 1.60. The van der Waals surface area contributed by atoms with Gasteiger partial charge in [0.05, 0.1) is 0 Å². The van der Waals surface area contributed by atoms with Crippen molar-refractivity contribution in [1.82, 2.24) is 10.0 Å². The number of hydrazine groups is 1. The summed E-state index contributed by atoms with van der Waals surface area (Å²) in [6.07, 6.45) is 17.8. The van der Waals surface area contributed by atoms with Crippen molar-refractivity contribution in [3.8, 4) is 0 Å². The van der Waals surface area contributed by atoms with Crippen molar-refractivity contribution in [2.75, 3.05) is 0 Å². The summed E-state index contributed by atoms with van der Waals surface area (Å²) in [7, 11) is 0. The molecule has 4 heterocycles. The molecule has 0 aliphatic carbocycles. The Bertz CT molecular complexity index is 229. The lowest BCUT2D eigenvalue weighted by Crippen LogP contribution is -2.66. The van der Waals surface area contributed by atoms with Gasteiger partial charge < -0.3 is 0 Å². The second kappa shape index (κ2) is 4.79. The van der Waals surface area contributed by atoms with Gasteiger partial charge in [-0.15, -0.1) is 0 Å². The second-order valence-corrected chi connectivity index (χ2v) is 7.10. The SMILES string of the molecule is C1CC2CCCC(C1)N2N1C2CCCC1CCC2. The standard InChI is InChI=1S/C16H28N2/c1-5-13-7-2-8-14(6-1)17(13)18-15-9-3-10-16(18)12-4-11-15/h13-16H,1-12H2. The smallest absolute Gasteiger partial charge is 0.0249 e. The molecule has 0 unspecified atom stereocenters. The lowest BCUT2D eigenvalue weighted by atomic mass is 9.82. The van der Waals surface area contributed by atoms with Crippen LogP contribution in [0.15, 0.2) is 0 Å². The number of hydrogen-bond acceptors (Lipinski definition) is 2. The summed E-state index contributed by atoms with van der Waals surface area (Å²) >= 11 is 0. The highest BCUT2D eigenvalue weighted by Crippen LogP contribution is 2.42. The predicted molar refractivity (Wildman–Crippen MR) is 74.2 cm³/mol. The van der Waals surface area contributed by atoms with Gasteiger partial charge in [0.15, 0.2) is 0 Å². The van der Waals surface area contributed by atoms with Crippen molar-refractivity contribution >= 4 is 0 Å². The van der Waals surface area contributed by atoms with E-state index in [4.69, 9.17) is 0 Å². The highest BCUT2D eigenvalue weighted by Gasteiger charge is 2.44. The van der Waals surface area contributed by atoms with E-state index in [1.807, 2.05) is 0 Å². The fraction of sp³-hybridized carbons (Fsp3) is 1.00. The van der Waals surface area contributed by atoms with Crippen LogP contribution in [0.4, 0.5) is 0 Å². The Kier molecular flexibility index (Phi) is 3.12. The van der Waals surface area contributed by atoms with Gasteiger partial charge in [0.1, 0.15) is 0 Å². The van der Waals surface area contributed by atoms with E-state index < -0.39 is 0 Å². The Labute approximate surface area is 112 Å². The van der Waals surface area contributed by atoms with E-state index in [1.165, 1.54) is 77.0 Å². The Morgan fingerprint density at radius 1 is 0.389 bits per heavy atom. The van der Waals surface area contributed by atoms with Gasteiger partial charge in [-0.2, -0.15) is 0 Å². The van der Waals surface area contributed by atoms with E-state index in [-0.39, 0.29) is 0 Å². The fourth-order valence-corrected chi connectivity index (χ4v) is 5.34. The Hall–Kier alpha value is -0.0800. The van der Waals surface area contributed by atoms with Crippen LogP contribution in [-0.2, 0) is 0 Å². The minimum Gasteiger partial charge on any atom is -0.235 e. The molecule has 4 aliphatic heterocycles. The Morgan fingerprint density at radius 3 is 0.833 bits per heavy atom. The van der Waals surface area contributed by atoms with E-state index in [0.717, 1.165) is 24.2 Å². The van der Waals surface area contributed by atoms with Gasteiger partial charge in [-0.05, 0) is 51.4 Å². The van der Waals surface area contributed by atoms with Crippen molar-refractivity contribution in [2.24, 2.45) is 0 Å². The summed E-state index contributed by atoms with van der Waals surface area (Å²) < 4.78 is 0. The number of hydrogen-bond donors (Lipinski definition) is 0. The normalized spacial score (nSPS) is 46.0. The van der Waals surface area contributed by atoms with E-state index >= 15 is 0 Å². The van der Waals surface area contributed by atoms with Gasteiger partial charge in [-0.25, -0.2) is 10.0 Å². The molecule has 4 aliphatic rings. The largest absolute Gasteiger partial charge is 0.235 e. The monoisotopic (exact) mass is 248 g/mol. The Morgan fingerprint density at radius 2 is 0.611 bits per heavy atom. The molecule has 0 atom stereocenters. The maximum absolute atomic E-state index is 2.93. The van der Waals surface area contributed by atoms with E-state index in [0.29, 0.717) is 0 Å². The van der Waals surface area contributed by atoms with Gasteiger partial charge >= 0.3 is 0 Å². The molecule has 0 N–H and O–H groups in total. The fourth-order valence-electron chi connectivity index (χ4n) is 5.34. The minimum atomic E-state index is 0.915. The van der Waals surface area contributed by atoms with Crippen molar-refractivity contribution in [2.45, 2.75) is 101 Å². The first kappa shape index (κ1) is 11.7. The molecular weight excluding hydrogens is 220 g/mol. The van der Waals surface area contributed by atoms with E-state index in [9.17, 15) is 0 Å². The van der Waals surface area contributed by atoms with Crippen LogP contribution in [0.1, 0.15) is 77.0 Å². The van der Waals surface area contributed by atoms with Gasteiger partial charge in [-0.1, -0.05) is 25.7 Å². The molecule has 4 fully saturated rings. The highest BCUT2D eigenvalue weighted by molar-refractivity contribution is 4.95. The van der Waals surface area contributed by atoms with Crippen LogP contribution < -0.4 is 0 Å². The summed E-state index contributed by atoms with van der Waals surface area (Å²) in [5.41, 5.74) is 0. The third kappa shape index (κ3) is 1.84. The zero-order valence-corrected chi connectivity index (χ0v) is 11.7. The quantitative estimate of drug-likeness (QED) is 0.698. The van der Waals surface area contributed by atoms with E-state index in [2.05, 4.69) is 10.0 Å². The maximum atomic E-state index is 2.93. The summed E-state index contributed by atoms with van der Waals surface area (Å²) in [5, 5.41) is 5.86. The molecule has 4 bridgehead atoms. The molecule has 0 aromatic heterocycles. The molecular formula is C16H28N2. The molecule has 4 saturated heterocycles. The average molecular weight is 248 g/mol. The first-order chi connectivity index (χ1) is 8.93. The highest BCUT2D eigenvalue weighted by atomic mass is 15.7. The molecule has 0 aromatic rings. The van der Waals surface area contributed by atoms with Crippen LogP contribution >= 0.6 is 0 Å². The van der Waals surface area contributed by atoms with Gasteiger partial charge in [-0.3, -0.25) is 0 Å². The zero-order valence-electron chi connectivity index (χ0n) is 11.7. The zero-order chi connectivity index (χ0) is 11.9. The lowest BCUT2D eigenvalue weighted by Gasteiger charge is -2.59. The van der Waals surface area contributed by atoms with Crippen LogP contribution in [0.3, 0.4) is 0 Å². The number of fused-ring (bicyclic) bond motifs is 5. The topological polar surface area (TPSA) is 6.48 Å². The molecule has 0 spiro atoms. The van der Waals surface area contributed by atoms with Crippen LogP contribution in [0.2, 0.25) is 0 Å². The first-order valence-electron chi connectivity index (χ1n) is 8.50. The summed E-state index contributed by atoms with van der Waals surface area (Å²) in [6, 6.07) is 3.66. The molecule has 0 amide bonds. The third-order valence-corrected chi connectivity index (χ3v) is 6.06. The summed E-state index contributed by atoms with van der Waals surface area (Å²) in [6.45, 7) is 0. The molecule has 18 heavy (non-hydrogen) atoms. The van der Waals surface area contributed by atoms with Gasteiger partial charge in [0, 0.05) is 24.2 Å². The molecule has 0 aromatic carbocycles. The third-order valence-electron chi connectivity index (χ3n) is 6.06. The average Bonchev–Trinajstić information content (AvgIpc) is 2.36. The van der Waals surface area contributed by atoms with Crippen LogP contribution in [0.25, 0.3) is 0 Å². The molecule has 102 valence electrons. The van der Waals surface area contributed by atoms with Crippen molar-refractivity contribution in [3.05, 3.63) is 0 Å². The molecule has 0 saturated carbocycles. The van der Waals surface area contributed by atoms with Crippen LogP contribution in [0.5, 0.6) is 0 Å². The van der Waals surface area contributed by atoms with Crippen molar-refractivity contribution in [3.63, 3.8) is 0 Å². The number of rotatable bonds is 1. The summed E-state index contributed by atoms with van der Waals surface area (Å²) in [5.74, 6) is 0.